The van der Waals surface area contributed by atoms with Crippen LogP contribution < -0.4 is 5.32 Å². The van der Waals surface area contributed by atoms with Crippen LogP contribution >= 0.6 is 0 Å². The minimum atomic E-state index is -1.03. The third-order valence-corrected chi connectivity index (χ3v) is 2.75. The zero-order valence-corrected chi connectivity index (χ0v) is 12.1. The van der Waals surface area contributed by atoms with E-state index in [1.807, 2.05) is 0 Å². The Morgan fingerprint density at radius 2 is 1.84 bits per heavy atom. The lowest BCUT2D eigenvalue weighted by Gasteiger charge is -2.35. The zero-order chi connectivity index (χ0) is 14.5. The average Bonchev–Trinajstić information content (AvgIpc) is 2.27. The van der Waals surface area contributed by atoms with Crippen molar-refractivity contribution in [2.24, 2.45) is 0 Å². The summed E-state index contributed by atoms with van der Waals surface area (Å²) in [6.45, 7) is 8.15. The molecular formula is C13H23NO5. The summed E-state index contributed by atoms with van der Waals surface area (Å²) in [5.41, 5.74) is -1.64. The van der Waals surface area contributed by atoms with Crippen LogP contribution in [0.4, 0.5) is 4.79 Å². The van der Waals surface area contributed by atoms with Crippen LogP contribution in [0.5, 0.6) is 0 Å². The second-order valence-electron chi connectivity index (χ2n) is 5.54. The van der Waals surface area contributed by atoms with Crippen molar-refractivity contribution in [1.29, 1.82) is 0 Å². The van der Waals surface area contributed by atoms with Crippen LogP contribution in [0.15, 0.2) is 0 Å². The number of amides is 1. The van der Waals surface area contributed by atoms with Gasteiger partial charge in [0.05, 0.1) is 6.61 Å². The lowest BCUT2D eigenvalue weighted by atomic mass is 9.90. The van der Waals surface area contributed by atoms with Crippen LogP contribution in [0, 0.1) is 0 Å². The Balaban J connectivity index is 2.74. The maximum atomic E-state index is 12.1. The van der Waals surface area contributed by atoms with Gasteiger partial charge in [-0.3, -0.25) is 0 Å². The van der Waals surface area contributed by atoms with Crippen molar-refractivity contribution in [3.63, 3.8) is 0 Å². The Hall–Kier alpha value is -1.30. The molecule has 0 saturated carbocycles. The summed E-state index contributed by atoms with van der Waals surface area (Å²) < 4.78 is 15.5. The molecule has 0 atom stereocenters. The molecule has 6 heteroatoms. The summed E-state index contributed by atoms with van der Waals surface area (Å²) >= 11 is 0. The smallest absolute Gasteiger partial charge is 0.408 e. The van der Waals surface area contributed by atoms with Crippen LogP contribution in [0.25, 0.3) is 0 Å². The molecule has 110 valence electrons. The van der Waals surface area contributed by atoms with Crippen molar-refractivity contribution < 1.29 is 23.8 Å². The van der Waals surface area contributed by atoms with Crippen molar-refractivity contribution >= 4 is 12.1 Å². The Morgan fingerprint density at radius 3 is 2.32 bits per heavy atom. The van der Waals surface area contributed by atoms with Crippen LogP contribution in [0.1, 0.15) is 40.5 Å². The molecule has 19 heavy (non-hydrogen) atoms. The molecular weight excluding hydrogens is 250 g/mol. The van der Waals surface area contributed by atoms with Gasteiger partial charge in [-0.2, -0.15) is 0 Å². The van der Waals surface area contributed by atoms with E-state index in [9.17, 15) is 9.59 Å². The predicted octanol–water partition coefficient (Wildman–Crippen LogP) is 1.62. The minimum Gasteiger partial charge on any atom is -0.464 e. The molecule has 0 aromatic carbocycles. The predicted molar refractivity (Wildman–Crippen MR) is 68.8 cm³/mol. The van der Waals surface area contributed by atoms with Crippen molar-refractivity contribution in [2.75, 3.05) is 19.8 Å². The van der Waals surface area contributed by atoms with E-state index < -0.39 is 23.2 Å². The Kier molecular flexibility index (Phi) is 5.17. The molecule has 0 bridgehead atoms. The number of esters is 1. The summed E-state index contributed by atoms with van der Waals surface area (Å²) in [5.74, 6) is -0.427. The summed E-state index contributed by atoms with van der Waals surface area (Å²) in [5, 5.41) is 2.66. The third kappa shape index (κ3) is 4.70. The summed E-state index contributed by atoms with van der Waals surface area (Å²) in [6.07, 6.45) is 0.179. The average molecular weight is 273 g/mol. The number of carbonyl (C=O) groups is 2. The molecule has 1 saturated heterocycles. The number of ether oxygens (including phenoxy) is 3. The van der Waals surface area contributed by atoms with Gasteiger partial charge < -0.3 is 19.5 Å². The van der Waals surface area contributed by atoms with Gasteiger partial charge in [0.1, 0.15) is 11.1 Å². The Bertz CT molecular complexity index is 328. The van der Waals surface area contributed by atoms with Gasteiger partial charge in [0.2, 0.25) is 0 Å². The van der Waals surface area contributed by atoms with Gasteiger partial charge in [-0.05, 0) is 27.7 Å². The second-order valence-corrected chi connectivity index (χ2v) is 5.54. The van der Waals surface area contributed by atoms with E-state index in [0.717, 1.165) is 0 Å². The van der Waals surface area contributed by atoms with Crippen LogP contribution in [-0.4, -0.2) is 43.0 Å². The zero-order valence-electron chi connectivity index (χ0n) is 12.1. The molecule has 1 aliphatic heterocycles. The molecule has 0 unspecified atom stereocenters. The lowest BCUT2D eigenvalue weighted by molar-refractivity contribution is -0.155. The maximum Gasteiger partial charge on any atom is 0.408 e. The highest BCUT2D eigenvalue weighted by atomic mass is 16.6. The fourth-order valence-corrected chi connectivity index (χ4v) is 1.87. The highest BCUT2D eigenvalue weighted by Crippen LogP contribution is 2.23. The Morgan fingerprint density at radius 1 is 1.26 bits per heavy atom. The standard InChI is InChI=1S/C13H23NO5/c1-5-18-10(15)13(6-8-17-9-7-13)14-11(16)19-12(2,3)4/h5-9H2,1-4H3,(H,14,16). The molecule has 6 nitrogen and oxygen atoms in total. The number of rotatable bonds is 3. The fraction of sp³-hybridized carbons (Fsp3) is 0.846. The largest absolute Gasteiger partial charge is 0.464 e. The van der Waals surface area contributed by atoms with Crippen molar-refractivity contribution in [3.05, 3.63) is 0 Å². The minimum absolute atomic E-state index is 0.275. The summed E-state index contributed by atoms with van der Waals surface area (Å²) in [4.78, 5) is 23.9. The monoisotopic (exact) mass is 273 g/mol. The number of hydrogen-bond acceptors (Lipinski definition) is 5. The van der Waals surface area contributed by atoms with E-state index in [-0.39, 0.29) is 6.61 Å². The maximum absolute atomic E-state index is 12.1. The van der Waals surface area contributed by atoms with Gasteiger partial charge in [0.25, 0.3) is 0 Å². The highest BCUT2D eigenvalue weighted by Gasteiger charge is 2.43. The molecule has 1 aliphatic rings. The van der Waals surface area contributed by atoms with Gasteiger partial charge in [0, 0.05) is 26.1 Å². The summed E-state index contributed by atoms with van der Waals surface area (Å²) in [7, 11) is 0. The molecule has 0 aliphatic carbocycles. The van der Waals surface area contributed by atoms with E-state index in [0.29, 0.717) is 26.1 Å². The summed E-state index contributed by atoms with van der Waals surface area (Å²) in [6, 6.07) is 0. The first-order valence-electron chi connectivity index (χ1n) is 6.55. The quantitative estimate of drug-likeness (QED) is 0.791. The molecule has 1 amide bonds. The molecule has 1 N–H and O–H groups in total. The first-order valence-corrected chi connectivity index (χ1v) is 6.55. The topological polar surface area (TPSA) is 73.9 Å². The lowest BCUT2D eigenvalue weighted by Crippen LogP contribution is -2.58. The molecule has 1 heterocycles. The van der Waals surface area contributed by atoms with Crippen LogP contribution in [0.2, 0.25) is 0 Å². The molecule has 0 aromatic rings. The molecule has 0 radical (unpaired) electrons. The van der Waals surface area contributed by atoms with E-state index in [4.69, 9.17) is 14.2 Å². The van der Waals surface area contributed by atoms with Crippen molar-refractivity contribution in [2.45, 2.75) is 51.7 Å². The van der Waals surface area contributed by atoms with Gasteiger partial charge in [0.15, 0.2) is 0 Å². The first-order chi connectivity index (χ1) is 8.79. The number of nitrogens with one attached hydrogen (secondary N) is 1. The normalized spacial score (nSPS) is 18.5. The number of alkyl carbamates (subject to hydrolysis) is 1. The first kappa shape index (κ1) is 15.8. The van der Waals surface area contributed by atoms with Crippen LogP contribution in [0.3, 0.4) is 0 Å². The third-order valence-electron chi connectivity index (χ3n) is 2.75. The van der Waals surface area contributed by atoms with Crippen molar-refractivity contribution in [3.8, 4) is 0 Å². The van der Waals surface area contributed by atoms with Gasteiger partial charge in [-0.15, -0.1) is 0 Å². The number of hydrogen-bond donors (Lipinski definition) is 1. The van der Waals surface area contributed by atoms with E-state index in [1.54, 1.807) is 27.7 Å². The number of carbonyl (C=O) groups excluding carboxylic acids is 2. The van der Waals surface area contributed by atoms with Gasteiger partial charge in [-0.25, -0.2) is 9.59 Å². The second kappa shape index (κ2) is 6.23. The van der Waals surface area contributed by atoms with E-state index in [2.05, 4.69) is 5.32 Å². The highest BCUT2D eigenvalue weighted by molar-refractivity contribution is 5.86. The molecule has 1 rings (SSSR count). The molecule has 0 aromatic heterocycles. The van der Waals surface area contributed by atoms with E-state index in [1.165, 1.54) is 0 Å². The van der Waals surface area contributed by atoms with E-state index >= 15 is 0 Å². The SMILES string of the molecule is CCOC(=O)C1(NC(=O)OC(C)(C)C)CCOCC1. The molecule has 0 spiro atoms. The van der Waals surface area contributed by atoms with Crippen LogP contribution in [-0.2, 0) is 19.0 Å². The van der Waals surface area contributed by atoms with Crippen molar-refractivity contribution in [1.82, 2.24) is 5.32 Å². The Labute approximate surface area is 113 Å². The van der Waals surface area contributed by atoms with Gasteiger partial charge in [-0.1, -0.05) is 0 Å². The molecule has 1 fully saturated rings. The fourth-order valence-electron chi connectivity index (χ4n) is 1.87. The van der Waals surface area contributed by atoms with Gasteiger partial charge >= 0.3 is 12.1 Å².